The van der Waals surface area contributed by atoms with E-state index in [1.165, 1.54) is 0 Å². The third-order valence-corrected chi connectivity index (χ3v) is 3.87. The van der Waals surface area contributed by atoms with Crippen LogP contribution in [-0.2, 0) is 4.79 Å². The number of amides is 1. The topological polar surface area (TPSA) is 29.1 Å². The van der Waals surface area contributed by atoms with Crippen LogP contribution < -0.4 is 5.32 Å². The highest BCUT2D eigenvalue weighted by Gasteiger charge is 2.39. The van der Waals surface area contributed by atoms with Crippen molar-refractivity contribution in [1.29, 1.82) is 0 Å². The molecule has 0 aliphatic carbocycles. The summed E-state index contributed by atoms with van der Waals surface area (Å²) < 4.78 is 0.545. The van der Waals surface area contributed by atoms with Crippen molar-refractivity contribution in [3.8, 4) is 0 Å². The van der Waals surface area contributed by atoms with Gasteiger partial charge in [0.2, 0.25) is 5.91 Å². The standard InChI is InChI=1S/C11H21NOS/c1-8(13)12-9-6-10(2,3)14-11(4,5)7-9/h9H,6-7H2,1-5H3,(H,12,13). The van der Waals surface area contributed by atoms with Crippen LogP contribution in [0.15, 0.2) is 0 Å². The number of rotatable bonds is 1. The fourth-order valence-electron chi connectivity index (χ4n) is 2.48. The first-order chi connectivity index (χ1) is 6.20. The van der Waals surface area contributed by atoms with Crippen LogP contribution in [0.4, 0.5) is 0 Å². The summed E-state index contributed by atoms with van der Waals surface area (Å²) in [5.74, 6) is 0.0912. The Hall–Kier alpha value is -0.180. The quantitative estimate of drug-likeness (QED) is 0.728. The van der Waals surface area contributed by atoms with Crippen LogP contribution >= 0.6 is 11.8 Å². The van der Waals surface area contributed by atoms with Crippen molar-refractivity contribution in [2.45, 2.75) is 63.0 Å². The zero-order valence-corrected chi connectivity index (χ0v) is 10.6. The summed E-state index contributed by atoms with van der Waals surface area (Å²) >= 11 is 2.03. The molecule has 1 saturated heterocycles. The van der Waals surface area contributed by atoms with E-state index in [1.807, 2.05) is 11.8 Å². The van der Waals surface area contributed by atoms with Crippen LogP contribution in [0.2, 0.25) is 0 Å². The third kappa shape index (κ3) is 3.52. The molecule has 0 bridgehead atoms. The van der Waals surface area contributed by atoms with E-state index in [4.69, 9.17) is 0 Å². The zero-order chi connectivity index (χ0) is 11.0. The molecule has 2 nitrogen and oxygen atoms in total. The second-order valence-corrected chi connectivity index (χ2v) is 7.84. The maximum Gasteiger partial charge on any atom is 0.217 e. The van der Waals surface area contributed by atoms with E-state index in [9.17, 15) is 4.79 Å². The Labute approximate surface area is 91.2 Å². The van der Waals surface area contributed by atoms with Crippen LogP contribution in [-0.4, -0.2) is 21.4 Å². The van der Waals surface area contributed by atoms with Crippen molar-refractivity contribution in [2.24, 2.45) is 0 Å². The Morgan fingerprint density at radius 2 is 1.64 bits per heavy atom. The molecule has 0 aromatic carbocycles. The molecular weight excluding hydrogens is 194 g/mol. The zero-order valence-electron chi connectivity index (χ0n) is 9.81. The molecule has 1 amide bonds. The molecule has 0 radical (unpaired) electrons. The number of hydrogen-bond acceptors (Lipinski definition) is 2. The van der Waals surface area contributed by atoms with Crippen molar-refractivity contribution >= 4 is 17.7 Å². The Balaban J connectivity index is 2.66. The molecule has 1 fully saturated rings. The first kappa shape index (κ1) is 11.9. The largest absolute Gasteiger partial charge is 0.354 e. The van der Waals surface area contributed by atoms with Crippen LogP contribution in [0.5, 0.6) is 0 Å². The van der Waals surface area contributed by atoms with Gasteiger partial charge in [0, 0.05) is 22.5 Å². The summed E-state index contributed by atoms with van der Waals surface area (Å²) in [6.45, 7) is 10.6. The lowest BCUT2D eigenvalue weighted by Crippen LogP contribution is -2.47. The highest BCUT2D eigenvalue weighted by atomic mass is 32.2. The smallest absolute Gasteiger partial charge is 0.217 e. The van der Waals surface area contributed by atoms with E-state index in [0.717, 1.165) is 12.8 Å². The number of thioether (sulfide) groups is 1. The lowest BCUT2D eigenvalue weighted by Gasteiger charge is -2.44. The van der Waals surface area contributed by atoms with Gasteiger partial charge in [-0.15, -0.1) is 11.8 Å². The lowest BCUT2D eigenvalue weighted by atomic mass is 9.93. The molecule has 0 aromatic rings. The van der Waals surface area contributed by atoms with Crippen molar-refractivity contribution in [3.05, 3.63) is 0 Å². The van der Waals surface area contributed by atoms with Crippen LogP contribution in [0.25, 0.3) is 0 Å². The Morgan fingerprint density at radius 1 is 1.21 bits per heavy atom. The summed E-state index contributed by atoms with van der Waals surface area (Å²) in [5.41, 5.74) is 0. The van der Waals surface area contributed by atoms with E-state index < -0.39 is 0 Å². The average Bonchev–Trinajstić information content (AvgIpc) is 1.74. The summed E-state index contributed by atoms with van der Waals surface area (Å²) in [5, 5.41) is 3.04. The highest BCUT2D eigenvalue weighted by molar-refractivity contribution is 8.01. The predicted molar refractivity (Wildman–Crippen MR) is 62.6 cm³/mol. The van der Waals surface area contributed by atoms with E-state index in [1.54, 1.807) is 6.92 Å². The third-order valence-electron chi connectivity index (χ3n) is 2.44. The lowest BCUT2D eigenvalue weighted by molar-refractivity contribution is -0.119. The highest BCUT2D eigenvalue weighted by Crippen LogP contribution is 2.46. The van der Waals surface area contributed by atoms with Crippen molar-refractivity contribution in [3.63, 3.8) is 0 Å². The molecule has 1 N–H and O–H groups in total. The van der Waals surface area contributed by atoms with Crippen LogP contribution in [0, 0.1) is 0 Å². The van der Waals surface area contributed by atoms with E-state index in [2.05, 4.69) is 33.0 Å². The number of nitrogens with one attached hydrogen (secondary N) is 1. The molecule has 82 valence electrons. The van der Waals surface area contributed by atoms with Gasteiger partial charge in [-0.2, -0.15) is 0 Å². The van der Waals surface area contributed by atoms with Gasteiger partial charge in [-0.1, -0.05) is 27.7 Å². The molecule has 1 rings (SSSR count). The van der Waals surface area contributed by atoms with Gasteiger partial charge in [-0.3, -0.25) is 4.79 Å². The Kier molecular flexibility index (Phi) is 3.20. The maximum absolute atomic E-state index is 11.0. The molecule has 0 aromatic heterocycles. The first-order valence-electron chi connectivity index (χ1n) is 5.17. The molecule has 1 aliphatic heterocycles. The average molecular weight is 215 g/mol. The summed E-state index contributed by atoms with van der Waals surface area (Å²) in [6, 6.07) is 0.346. The van der Waals surface area contributed by atoms with Gasteiger partial charge in [0.05, 0.1) is 0 Å². The fourth-order valence-corrected chi connectivity index (χ4v) is 4.54. The molecule has 3 heteroatoms. The van der Waals surface area contributed by atoms with Gasteiger partial charge in [0.25, 0.3) is 0 Å². The molecular formula is C11H21NOS. The van der Waals surface area contributed by atoms with Crippen LogP contribution in [0.1, 0.15) is 47.5 Å². The van der Waals surface area contributed by atoms with Gasteiger partial charge in [-0.05, 0) is 12.8 Å². The summed E-state index contributed by atoms with van der Waals surface area (Å²) in [4.78, 5) is 11.0. The number of hydrogen-bond donors (Lipinski definition) is 1. The van der Waals surface area contributed by atoms with E-state index in [-0.39, 0.29) is 15.4 Å². The fraction of sp³-hybridized carbons (Fsp3) is 0.909. The molecule has 14 heavy (non-hydrogen) atoms. The van der Waals surface area contributed by atoms with Gasteiger partial charge in [-0.25, -0.2) is 0 Å². The van der Waals surface area contributed by atoms with Gasteiger partial charge in [0.1, 0.15) is 0 Å². The molecule has 0 unspecified atom stereocenters. The second-order valence-electron chi connectivity index (χ2n) is 5.43. The Bertz CT molecular complexity index is 219. The first-order valence-corrected chi connectivity index (χ1v) is 5.99. The Morgan fingerprint density at radius 3 is 2.00 bits per heavy atom. The number of carbonyl (C=O) groups is 1. The van der Waals surface area contributed by atoms with Crippen LogP contribution in [0.3, 0.4) is 0 Å². The summed E-state index contributed by atoms with van der Waals surface area (Å²) in [7, 11) is 0. The van der Waals surface area contributed by atoms with Gasteiger partial charge < -0.3 is 5.32 Å². The maximum atomic E-state index is 11.0. The normalized spacial score (nSPS) is 25.8. The number of carbonyl (C=O) groups excluding carboxylic acids is 1. The minimum absolute atomic E-state index is 0.0912. The minimum atomic E-state index is 0.0912. The van der Waals surface area contributed by atoms with Gasteiger partial charge in [0.15, 0.2) is 0 Å². The van der Waals surface area contributed by atoms with Gasteiger partial charge >= 0.3 is 0 Å². The molecule has 0 spiro atoms. The van der Waals surface area contributed by atoms with Crippen molar-refractivity contribution in [1.82, 2.24) is 5.32 Å². The molecule has 1 heterocycles. The monoisotopic (exact) mass is 215 g/mol. The SMILES string of the molecule is CC(=O)NC1CC(C)(C)SC(C)(C)C1. The predicted octanol–water partition coefficient (Wildman–Crippen LogP) is 2.58. The minimum Gasteiger partial charge on any atom is -0.354 e. The summed E-state index contributed by atoms with van der Waals surface area (Å²) in [6.07, 6.45) is 2.14. The van der Waals surface area contributed by atoms with E-state index in [0.29, 0.717) is 6.04 Å². The second kappa shape index (κ2) is 3.76. The molecule has 0 atom stereocenters. The molecule has 1 aliphatic rings. The van der Waals surface area contributed by atoms with Crippen molar-refractivity contribution < 1.29 is 4.79 Å². The molecule has 0 saturated carbocycles. The van der Waals surface area contributed by atoms with Crippen molar-refractivity contribution in [2.75, 3.05) is 0 Å². The van der Waals surface area contributed by atoms with E-state index >= 15 is 0 Å².